The van der Waals surface area contributed by atoms with Gasteiger partial charge in [-0.15, -0.1) is 0 Å². The molecule has 84 valence electrons. The summed E-state index contributed by atoms with van der Waals surface area (Å²) in [6.45, 7) is 0. The number of rotatable bonds is 2. The van der Waals surface area contributed by atoms with Crippen LogP contribution in [0.2, 0.25) is 0 Å². The molecule has 14 heavy (non-hydrogen) atoms. The van der Waals surface area contributed by atoms with Gasteiger partial charge in [0, 0.05) is 13.2 Å². The molecule has 0 saturated carbocycles. The van der Waals surface area contributed by atoms with E-state index in [9.17, 15) is 26.3 Å². The Bertz CT molecular complexity index is 215. The fourth-order valence-electron chi connectivity index (χ4n) is 0.534. The van der Waals surface area contributed by atoms with Gasteiger partial charge in [-0.3, -0.25) is 0 Å². The molecule has 0 aliphatic heterocycles. The second-order valence-electron chi connectivity index (χ2n) is 2.25. The number of methoxy groups -OCH3 is 1. The Labute approximate surface area is 74.8 Å². The Morgan fingerprint density at radius 2 is 1.64 bits per heavy atom. The van der Waals surface area contributed by atoms with Gasteiger partial charge >= 0.3 is 12.4 Å². The van der Waals surface area contributed by atoms with Crippen LogP contribution in [0.5, 0.6) is 0 Å². The van der Waals surface area contributed by atoms with Crippen molar-refractivity contribution >= 4 is 0 Å². The molecule has 0 saturated heterocycles. The summed E-state index contributed by atoms with van der Waals surface area (Å²) in [6, 6.07) is 0. The maximum atomic E-state index is 11.8. The lowest BCUT2D eigenvalue weighted by atomic mass is 10.3. The van der Waals surface area contributed by atoms with Crippen molar-refractivity contribution < 1.29 is 36.2 Å². The Kier molecular flexibility index (Phi) is 3.81. The third kappa shape index (κ3) is 3.86. The maximum Gasteiger partial charge on any atom is 0.448 e. The van der Waals surface area contributed by atoms with Gasteiger partial charge < -0.3 is 9.84 Å². The number of alkyl halides is 6. The number of aliphatic hydroxyl groups excluding tert-OH is 1. The molecule has 2 nitrogen and oxygen atoms in total. The highest BCUT2D eigenvalue weighted by Gasteiger charge is 2.42. The van der Waals surface area contributed by atoms with Gasteiger partial charge in [0.2, 0.25) is 0 Å². The van der Waals surface area contributed by atoms with E-state index >= 15 is 0 Å². The molecule has 1 atom stereocenters. The molecular formula is C6H6F6O2. The molecule has 0 heterocycles. The van der Waals surface area contributed by atoms with Gasteiger partial charge in [-0.05, 0) is 0 Å². The first kappa shape index (κ1) is 13.1. The van der Waals surface area contributed by atoms with Gasteiger partial charge in [0.15, 0.2) is 11.9 Å². The van der Waals surface area contributed by atoms with Gasteiger partial charge in [-0.25, -0.2) is 0 Å². The van der Waals surface area contributed by atoms with Crippen LogP contribution in [0.15, 0.2) is 11.8 Å². The summed E-state index contributed by atoms with van der Waals surface area (Å²) in [5.41, 5.74) is 0. The lowest BCUT2D eigenvalue weighted by molar-refractivity contribution is -0.198. The van der Waals surface area contributed by atoms with E-state index in [-0.39, 0.29) is 0 Å². The van der Waals surface area contributed by atoms with Gasteiger partial charge in [0.1, 0.15) is 0 Å². The van der Waals surface area contributed by atoms with Crippen molar-refractivity contribution in [3.05, 3.63) is 11.8 Å². The number of ether oxygens (including phenoxy) is 1. The Balaban J connectivity index is 4.77. The number of aliphatic hydroxyl groups is 1. The quantitative estimate of drug-likeness (QED) is 0.577. The van der Waals surface area contributed by atoms with Crippen molar-refractivity contribution in [3.8, 4) is 0 Å². The van der Waals surface area contributed by atoms with Crippen LogP contribution in [0, 0.1) is 0 Å². The van der Waals surface area contributed by atoms with E-state index in [1.54, 1.807) is 0 Å². The average Bonchev–Trinajstić information content (AvgIpc) is 1.95. The molecule has 0 aromatic carbocycles. The molecule has 8 heteroatoms. The van der Waals surface area contributed by atoms with E-state index in [0.717, 1.165) is 0 Å². The summed E-state index contributed by atoms with van der Waals surface area (Å²) in [6.07, 6.45) is -13.4. The van der Waals surface area contributed by atoms with Crippen molar-refractivity contribution in [3.63, 3.8) is 0 Å². The lowest BCUT2D eigenvalue weighted by Gasteiger charge is -2.15. The van der Waals surface area contributed by atoms with Crippen molar-refractivity contribution in [2.75, 3.05) is 7.11 Å². The van der Waals surface area contributed by atoms with E-state index in [0.29, 0.717) is 7.11 Å². The third-order valence-electron chi connectivity index (χ3n) is 1.18. The van der Waals surface area contributed by atoms with Gasteiger partial charge in [0.05, 0.1) is 0 Å². The topological polar surface area (TPSA) is 29.5 Å². The summed E-state index contributed by atoms with van der Waals surface area (Å²) < 4.78 is 74.0. The lowest BCUT2D eigenvalue weighted by Crippen LogP contribution is -2.30. The summed E-state index contributed by atoms with van der Waals surface area (Å²) in [5, 5.41) is 8.21. The molecule has 0 spiro atoms. The van der Waals surface area contributed by atoms with Crippen molar-refractivity contribution in [1.29, 1.82) is 0 Å². The maximum absolute atomic E-state index is 11.8. The zero-order chi connectivity index (χ0) is 11.6. The molecule has 1 unspecified atom stereocenters. The number of hydrogen-bond acceptors (Lipinski definition) is 2. The first-order valence-electron chi connectivity index (χ1n) is 3.16. The van der Waals surface area contributed by atoms with Crippen LogP contribution in [-0.2, 0) is 4.74 Å². The van der Waals surface area contributed by atoms with E-state index < -0.39 is 30.3 Å². The Hall–Kier alpha value is -0.920. The molecule has 0 aromatic heterocycles. The van der Waals surface area contributed by atoms with E-state index in [1.807, 2.05) is 0 Å². The molecular weight excluding hydrogens is 218 g/mol. The number of halogens is 6. The SMILES string of the molecule is COC(/C=C(\O)C(F)(F)F)C(F)(F)F. The van der Waals surface area contributed by atoms with Crippen LogP contribution in [0.1, 0.15) is 0 Å². The largest absolute Gasteiger partial charge is 0.504 e. The Morgan fingerprint density at radius 1 is 1.21 bits per heavy atom. The van der Waals surface area contributed by atoms with Crippen LogP contribution in [-0.4, -0.2) is 30.7 Å². The predicted octanol–water partition coefficient (Wildman–Crippen LogP) is 2.57. The minimum absolute atomic E-state index is 0.444. The first-order valence-corrected chi connectivity index (χ1v) is 3.16. The van der Waals surface area contributed by atoms with Crippen LogP contribution in [0.3, 0.4) is 0 Å². The molecule has 0 amide bonds. The second-order valence-corrected chi connectivity index (χ2v) is 2.25. The predicted molar refractivity (Wildman–Crippen MR) is 33.6 cm³/mol. The summed E-state index contributed by atoms with van der Waals surface area (Å²) >= 11 is 0. The molecule has 0 aliphatic rings. The molecule has 0 radical (unpaired) electrons. The average molecular weight is 224 g/mol. The highest BCUT2D eigenvalue weighted by atomic mass is 19.4. The van der Waals surface area contributed by atoms with Crippen LogP contribution >= 0.6 is 0 Å². The fraction of sp³-hybridized carbons (Fsp3) is 0.667. The van der Waals surface area contributed by atoms with Crippen molar-refractivity contribution in [1.82, 2.24) is 0 Å². The molecule has 0 fully saturated rings. The smallest absolute Gasteiger partial charge is 0.448 e. The Morgan fingerprint density at radius 3 is 1.86 bits per heavy atom. The molecule has 0 bridgehead atoms. The number of allylic oxidation sites excluding steroid dienone is 1. The zero-order valence-electron chi connectivity index (χ0n) is 6.78. The van der Waals surface area contributed by atoms with Gasteiger partial charge in [-0.1, -0.05) is 0 Å². The van der Waals surface area contributed by atoms with E-state index in [1.165, 1.54) is 0 Å². The van der Waals surface area contributed by atoms with Crippen LogP contribution < -0.4 is 0 Å². The summed E-state index contributed by atoms with van der Waals surface area (Å²) in [4.78, 5) is 0. The minimum Gasteiger partial charge on any atom is -0.504 e. The second kappa shape index (κ2) is 4.07. The molecule has 0 aromatic rings. The molecule has 1 N–H and O–H groups in total. The minimum atomic E-state index is -5.21. The standard InChI is InChI=1S/C6H6F6O2/c1-14-4(6(10,11)12)2-3(13)5(7,8)9/h2,4,13H,1H3/b3-2-. The van der Waals surface area contributed by atoms with Crippen LogP contribution in [0.25, 0.3) is 0 Å². The summed E-state index contributed by atoms with van der Waals surface area (Å²) in [5.74, 6) is -2.33. The van der Waals surface area contributed by atoms with Crippen molar-refractivity contribution in [2.45, 2.75) is 18.5 Å². The van der Waals surface area contributed by atoms with E-state index in [2.05, 4.69) is 4.74 Å². The normalized spacial score (nSPS) is 16.9. The van der Waals surface area contributed by atoms with Gasteiger partial charge in [-0.2, -0.15) is 26.3 Å². The monoisotopic (exact) mass is 224 g/mol. The highest BCUT2D eigenvalue weighted by Crippen LogP contribution is 2.28. The number of hydrogen-bond donors (Lipinski definition) is 1. The summed E-state index contributed by atoms with van der Waals surface area (Å²) in [7, 11) is 0.582. The van der Waals surface area contributed by atoms with E-state index in [4.69, 9.17) is 5.11 Å². The highest BCUT2D eigenvalue weighted by molar-refractivity contribution is 5.04. The van der Waals surface area contributed by atoms with Gasteiger partial charge in [0.25, 0.3) is 0 Å². The first-order chi connectivity index (χ1) is 6.09. The zero-order valence-corrected chi connectivity index (χ0v) is 6.78. The fourth-order valence-corrected chi connectivity index (χ4v) is 0.534. The van der Waals surface area contributed by atoms with Crippen molar-refractivity contribution in [2.24, 2.45) is 0 Å². The molecule has 0 aliphatic carbocycles. The third-order valence-corrected chi connectivity index (χ3v) is 1.18. The molecule has 0 rings (SSSR count). The van der Waals surface area contributed by atoms with Crippen LogP contribution in [0.4, 0.5) is 26.3 Å².